The van der Waals surface area contributed by atoms with Gasteiger partial charge in [0.1, 0.15) is 17.1 Å². The fourth-order valence-electron chi connectivity index (χ4n) is 3.45. The van der Waals surface area contributed by atoms with Crippen molar-refractivity contribution in [2.75, 3.05) is 18.5 Å². The van der Waals surface area contributed by atoms with Gasteiger partial charge < -0.3 is 14.8 Å². The number of aromatic amines is 1. The van der Waals surface area contributed by atoms with Crippen LogP contribution in [0.1, 0.15) is 22.8 Å². The van der Waals surface area contributed by atoms with E-state index in [4.69, 9.17) is 9.47 Å². The maximum atomic E-state index is 12.6. The summed E-state index contributed by atoms with van der Waals surface area (Å²) in [6.07, 6.45) is 2.53. The van der Waals surface area contributed by atoms with E-state index in [0.29, 0.717) is 24.5 Å². The molecule has 5 heteroatoms. The number of nitrogens with one attached hydrogen (secondary N) is 2. The van der Waals surface area contributed by atoms with Gasteiger partial charge in [-0.2, -0.15) is 0 Å². The van der Waals surface area contributed by atoms with E-state index in [9.17, 15) is 4.79 Å². The van der Waals surface area contributed by atoms with Crippen LogP contribution in [0.25, 0.3) is 10.9 Å². The van der Waals surface area contributed by atoms with Gasteiger partial charge in [-0.15, -0.1) is 0 Å². The highest BCUT2D eigenvalue weighted by Crippen LogP contribution is 2.30. The standard InChI is InChI=1S/C26H24N2O3/c1-2-30-26(29)23-18-28-24-14-13-21(31-20-11-7-4-8-12-20)17-22(24)25(23)27-16-15-19-9-5-3-6-10-19/h3-14,17-18H,2,15-16H2,1H3,(H,27,28)/p+1. The van der Waals surface area contributed by atoms with Crippen LogP contribution in [0.4, 0.5) is 5.69 Å². The van der Waals surface area contributed by atoms with Crippen molar-refractivity contribution in [1.29, 1.82) is 0 Å². The normalized spacial score (nSPS) is 10.6. The van der Waals surface area contributed by atoms with Gasteiger partial charge in [-0.3, -0.25) is 0 Å². The first-order valence-corrected chi connectivity index (χ1v) is 10.4. The molecule has 1 aromatic heterocycles. The Hall–Kier alpha value is -3.86. The minimum absolute atomic E-state index is 0.317. The molecule has 5 nitrogen and oxygen atoms in total. The van der Waals surface area contributed by atoms with Crippen molar-refractivity contribution in [2.45, 2.75) is 13.3 Å². The van der Waals surface area contributed by atoms with Gasteiger partial charge in [0.15, 0.2) is 6.20 Å². The largest absolute Gasteiger partial charge is 0.462 e. The summed E-state index contributed by atoms with van der Waals surface area (Å²) in [7, 11) is 0. The van der Waals surface area contributed by atoms with Gasteiger partial charge >= 0.3 is 5.97 Å². The molecule has 0 atom stereocenters. The Morgan fingerprint density at radius 2 is 1.68 bits per heavy atom. The van der Waals surface area contributed by atoms with Crippen molar-refractivity contribution in [3.05, 3.63) is 96.2 Å². The number of ether oxygens (including phenoxy) is 2. The average Bonchev–Trinajstić information content (AvgIpc) is 2.80. The third-order valence-corrected chi connectivity index (χ3v) is 4.93. The fraction of sp³-hybridized carbons (Fsp3) is 0.154. The summed E-state index contributed by atoms with van der Waals surface area (Å²) in [5.74, 6) is 1.09. The Morgan fingerprint density at radius 1 is 0.935 bits per heavy atom. The smallest absolute Gasteiger partial charge is 0.346 e. The number of aromatic nitrogens is 1. The van der Waals surface area contributed by atoms with E-state index in [1.807, 2.05) is 66.7 Å². The lowest BCUT2D eigenvalue weighted by atomic mass is 10.1. The molecule has 2 N–H and O–H groups in total. The lowest BCUT2D eigenvalue weighted by molar-refractivity contribution is -0.344. The SMILES string of the molecule is CCOC(=O)c1c[nH+]c2ccc(Oc3ccccc3)cc2c1NCCc1ccccc1. The number of benzene rings is 3. The van der Waals surface area contributed by atoms with Crippen LogP contribution in [0.5, 0.6) is 11.5 Å². The van der Waals surface area contributed by atoms with Crippen molar-refractivity contribution in [1.82, 2.24) is 0 Å². The number of rotatable bonds is 8. The van der Waals surface area contributed by atoms with Gasteiger partial charge in [-0.05, 0) is 43.2 Å². The van der Waals surface area contributed by atoms with Gasteiger partial charge in [0.25, 0.3) is 0 Å². The second-order valence-corrected chi connectivity index (χ2v) is 7.08. The van der Waals surface area contributed by atoms with Crippen LogP contribution < -0.4 is 15.0 Å². The second kappa shape index (κ2) is 9.76. The first-order chi connectivity index (χ1) is 15.2. The summed E-state index contributed by atoms with van der Waals surface area (Å²) in [6.45, 7) is 2.80. The van der Waals surface area contributed by atoms with Crippen molar-refractivity contribution >= 4 is 22.6 Å². The molecular weight excluding hydrogens is 388 g/mol. The van der Waals surface area contributed by atoms with Crippen LogP contribution in [0, 0.1) is 0 Å². The number of pyridine rings is 1. The summed E-state index contributed by atoms with van der Waals surface area (Å²) < 4.78 is 11.3. The van der Waals surface area contributed by atoms with Crippen LogP contribution in [-0.4, -0.2) is 19.1 Å². The molecule has 31 heavy (non-hydrogen) atoms. The second-order valence-electron chi connectivity index (χ2n) is 7.08. The number of hydrogen-bond donors (Lipinski definition) is 1. The monoisotopic (exact) mass is 413 g/mol. The van der Waals surface area contributed by atoms with E-state index in [1.54, 1.807) is 13.1 Å². The number of hydrogen-bond acceptors (Lipinski definition) is 4. The molecule has 0 aliphatic heterocycles. The van der Waals surface area contributed by atoms with Crippen LogP contribution >= 0.6 is 0 Å². The number of H-pyrrole nitrogens is 1. The Labute approximate surface area is 181 Å². The Balaban J connectivity index is 1.67. The maximum absolute atomic E-state index is 12.6. The maximum Gasteiger partial charge on any atom is 0.346 e. The Kier molecular flexibility index (Phi) is 6.43. The van der Waals surface area contributed by atoms with E-state index in [0.717, 1.165) is 28.8 Å². The zero-order chi connectivity index (χ0) is 21.5. The summed E-state index contributed by atoms with van der Waals surface area (Å²) in [5, 5.41) is 4.33. The highest BCUT2D eigenvalue weighted by molar-refractivity contribution is 6.04. The number of para-hydroxylation sites is 1. The number of anilines is 1. The highest BCUT2D eigenvalue weighted by atomic mass is 16.5. The van der Waals surface area contributed by atoms with Gasteiger partial charge in [0.05, 0.1) is 17.7 Å². The number of carbonyl (C=O) groups excluding carboxylic acids is 1. The topological polar surface area (TPSA) is 61.7 Å². The average molecular weight is 413 g/mol. The molecular formula is C26H25N2O3+. The first kappa shape index (κ1) is 20.4. The number of carbonyl (C=O) groups is 1. The van der Waals surface area contributed by atoms with Gasteiger partial charge in [0, 0.05) is 12.6 Å². The molecule has 1 heterocycles. The Bertz CT molecular complexity index is 1160. The third kappa shape index (κ3) is 5.01. The molecule has 4 aromatic rings. The zero-order valence-corrected chi connectivity index (χ0v) is 17.4. The fourth-order valence-corrected chi connectivity index (χ4v) is 3.45. The van der Waals surface area contributed by atoms with Crippen LogP contribution in [0.2, 0.25) is 0 Å². The lowest BCUT2D eigenvalue weighted by Gasteiger charge is -2.13. The summed E-state index contributed by atoms with van der Waals surface area (Å²) >= 11 is 0. The van der Waals surface area contributed by atoms with E-state index in [1.165, 1.54) is 5.56 Å². The van der Waals surface area contributed by atoms with E-state index >= 15 is 0 Å². The van der Waals surface area contributed by atoms with Gasteiger partial charge in [0.2, 0.25) is 5.52 Å². The minimum Gasteiger partial charge on any atom is -0.462 e. The van der Waals surface area contributed by atoms with E-state index in [2.05, 4.69) is 22.4 Å². The van der Waals surface area contributed by atoms with Crippen molar-refractivity contribution in [3.63, 3.8) is 0 Å². The van der Waals surface area contributed by atoms with Crippen LogP contribution in [0.15, 0.2) is 85.1 Å². The molecule has 0 fully saturated rings. The molecule has 0 saturated heterocycles. The predicted octanol–water partition coefficient (Wildman–Crippen LogP) is 5.28. The molecule has 0 spiro atoms. The quantitative estimate of drug-likeness (QED) is 0.399. The van der Waals surface area contributed by atoms with Crippen molar-refractivity contribution in [2.24, 2.45) is 0 Å². The summed E-state index contributed by atoms with van der Waals surface area (Å²) in [4.78, 5) is 15.8. The minimum atomic E-state index is -0.364. The molecule has 0 radical (unpaired) electrons. The molecule has 0 aliphatic carbocycles. The molecule has 4 rings (SSSR count). The molecule has 0 unspecified atom stereocenters. The number of esters is 1. The molecule has 0 aliphatic rings. The van der Waals surface area contributed by atoms with Crippen molar-refractivity contribution in [3.8, 4) is 11.5 Å². The molecule has 3 aromatic carbocycles. The lowest BCUT2D eigenvalue weighted by Crippen LogP contribution is -2.17. The highest BCUT2D eigenvalue weighted by Gasteiger charge is 2.20. The van der Waals surface area contributed by atoms with E-state index in [-0.39, 0.29) is 5.97 Å². The Morgan fingerprint density at radius 3 is 2.42 bits per heavy atom. The van der Waals surface area contributed by atoms with Gasteiger partial charge in [-0.1, -0.05) is 48.5 Å². The first-order valence-electron chi connectivity index (χ1n) is 10.4. The molecule has 156 valence electrons. The van der Waals surface area contributed by atoms with Crippen molar-refractivity contribution < 1.29 is 19.3 Å². The molecule has 0 amide bonds. The zero-order valence-electron chi connectivity index (χ0n) is 17.4. The van der Waals surface area contributed by atoms with E-state index < -0.39 is 0 Å². The van der Waals surface area contributed by atoms with Gasteiger partial charge in [-0.25, -0.2) is 9.78 Å². The molecule has 0 saturated carbocycles. The summed E-state index contributed by atoms with van der Waals surface area (Å²) in [5.41, 5.74) is 3.34. The predicted molar refractivity (Wildman–Crippen MR) is 122 cm³/mol. The summed E-state index contributed by atoms with van der Waals surface area (Å²) in [6, 6.07) is 25.7. The van der Waals surface area contributed by atoms with Crippen LogP contribution in [0.3, 0.4) is 0 Å². The molecule has 0 bridgehead atoms. The third-order valence-electron chi connectivity index (χ3n) is 4.93. The van der Waals surface area contributed by atoms with Crippen LogP contribution in [-0.2, 0) is 11.2 Å². The number of fused-ring (bicyclic) bond motifs is 1.